The van der Waals surface area contributed by atoms with Gasteiger partial charge in [-0.15, -0.1) is 18.3 Å². The Morgan fingerprint density at radius 1 is 1.25 bits per heavy atom. The maximum Gasteiger partial charge on any atom is 0.355 e. The summed E-state index contributed by atoms with van der Waals surface area (Å²) in [5.41, 5.74) is 2.47. The number of fused-ring (bicyclic) bond motifs is 6. The lowest BCUT2D eigenvalue weighted by Crippen LogP contribution is -2.48. The third-order valence-electron chi connectivity index (χ3n) is 8.40. The van der Waals surface area contributed by atoms with Gasteiger partial charge in [0.25, 0.3) is 0 Å². The number of ether oxygens (including phenoxy) is 1. The van der Waals surface area contributed by atoms with E-state index >= 15 is 4.39 Å². The van der Waals surface area contributed by atoms with Crippen molar-refractivity contribution < 1.29 is 9.13 Å². The van der Waals surface area contributed by atoms with Gasteiger partial charge in [-0.1, -0.05) is 37.6 Å². The number of thioether (sulfide) groups is 1. The molecule has 1 aliphatic carbocycles. The van der Waals surface area contributed by atoms with Crippen molar-refractivity contribution in [3.8, 4) is 16.9 Å². The average Bonchev–Trinajstić information content (AvgIpc) is 3.81. The van der Waals surface area contributed by atoms with E-state index in [9.17, 15) is 4.79 Å². The Hall–Kier alpha value is -3.51. The number of anilines is 2. The number of halogens is 2. The van der Waals surface area contributed by atoms with E-state index in [2.05, 4.69) is 21.7 Å². The van der Waals surface area contributed by atoms with Gasteiger partial charge < -0.3 is 15.0 Å². The van der Waals surface area contributed by atoms with Gasteiger partial charge in [-0.2, -0.15) is 4.98 Å². The number of pyridine rings is 2. The van der Waals surface area contributed by atoms with Crippen LogP contribution in [0.1, 0.15) is 31.9 Å². The molecule has 2 bridgehead atoms. The van der Waals surface area contributed by atoms with Gasteiger partial charge in [0.1, 0.15) is 11.6 Å². The number of benzene rings is 1. The van der Waals surface area contributed by atoms with Crippen LogP contribution in [0.15, 0.2) is 58.9 Å². The van der Waals surface area contributed by atoms with Crippen molar-refractivity contribution in [2.24, 2.45) is 0 Å². The van der Waals surface area contributed by atoms with Crippen LogP contribution in [0.3, 0.4) is 0 Å². The SMILES string of the molecule is C=CCOCN1CCN(c2nc(=O)n3c4nc(c(Cl)cc24)-c2c(F)cccc2NCCSc2ccnc(C(C)C)c2-3)[C@H]2C[C@H]21. The topological polar surface area (TPSA) is 88.4 Å². The molecule has 12 heteroatoms. The van der Waals surface area contributed by atoms with E-state index in [0.29, 0.717) is 66.4 Å². The van der Waals surface area contributed by atoms with Crippen molar-refractivity contribution in [3.63, 3.8) is 0 Å². The van der Waals surface area contributed by atoms with Gasteiger partial charge in [-0.05, 0) is 36.6 Å². The number of hydrogen-bond acceptors (Lipinski definition) is 9. The molecule has 1 saturated carbocycles. The summed E-state index contributed by atoms with van der Waals surface area (Å²) in [4.78, 5) is 34.1. The first-order chi connectivity index (χ1) is 21.4. The summed E-state index contributed by atoms with van der Waals surface area (Å²) < 4.78 is 22.8. The molecule has 0 unspecified atom stereocenters. The Labute approximate surface area is 264 Å². The van der Waals surface area contributed by atoms with Gasteiger partial charge in [0, 0.05) is 54.3 Å². The summed E-state index contributed by atoms with van der Waals surface area (Å²) in [6.45, 7) is 10.8. The Bertz CT molecular complexity index is 1830. The number of nitrogens with one attached hydrogen (secondary N) is 1. The lowest BCUT2D eigenvalue weighted by Gasteiger charge is -2.35. The average molecular weight is 634 g/mol. The molecular weight excluding hydrogens is 601 g/mol. The zero-order chi connectivity index (χ0) is 30.5. The molecule has 44 heavy (non-hydrogen) atoms. The van der Waals surface area contributed by atoms with E-state index < -0.39 is 11.5 Å². The third kappa shape index (κ3) is 5.05. The molecule has 1 N–H and O–H groups in total. The van der Waals surface area contributed by atoms with Crippen molar-refractivity contribution in [1.29, 1.82) is 0 Å². The van der Waals surface area contributed by atoms with Crippen LogP contribution in [0.25, 0.3) is 28.0 Å². The summed E-state index contributed by atoms with van der Waals surface area (Å²) >= 11 is 8.57. The molecule has 7 rings (SSSR count). The summed E-state index contributed by atoms with van der Waals surface area (Å²) in [6, 6.07) is 9.08. The molecule has 0 radical (unpaired) electrons. The van der Waals surface area contributed by atoms with Crippen LogP contribution in [-0.4, -0.2) is 75.2 Å². The van der Waals surface area contributed by atoms with E-state index in [1.807, 2.05) is 26.0 Å². The van der Waals surface area contributed by atoms with Gasteiger partial charge in [0.15, 0.2) is 5.65 Å². The highest BCUT2D eigenvalue weighted by atomic mass is 35.5. The summed E-state index contributed by atoms with van der Waals surface area (Å²) in [5.74, 6) is 0.792. The standard InChI is InChI=1S/C32H33ClFN7O2S/c1-4-13-43-17-39-11-12-40(24-16-23(24)39)30-19-15-20(33)28-26-21(34)6-5-7-22(26)35-10-14-44-25-8-9-36-27(18(2)3)29(25)41(31(19)37-28)32(42)38-30/h4-9,15,18,23-24,35H,1,10-14,16-17H2,2-3H3/t23-,24+/m1/s1. The number of rotatable bonds is 6. The summed E-state index contributed by atoms with van der Waals surface area (Å²) in [5, 5.41) is 4.29. The molecule has 1 saturated heterocycles. The normalized spacial score (nSPS) is 19.5. The summed E-state index contributed by atoms with van der Waals surface area (Å²) in [7, 11) is 0. The Kier molecular flexibility index (Phi) is 7.82. The maximum absolute atomic E-state index is 15.5. The van der Waals surface area contributed by atoms with Crippen molar-refractivity contribution in [2.45, 2.75) is 43.2 Å². The lowest BCUT2D eigenvalue weighted by molar-refractivity contribution is 0.0337. The molecule has 4 aromatic rings. The fourth-order valence-electron chi connectivity index (χ4n) is 6.32. The van der Waals surface area contributed by atoms with E-state index in [1.54, 1.807) is 40.7 Å². The van der Waals surface area contributed by atoms with Crippen LogP contribution < -0.4 is 15.9 Å². The lowest BCUT2D eigenvalue weighted by atomic mass is 10.1. The number of hydrogen-bond donors (Lipinski definition) is 1. The van der Waals surface area contributed by atoms with Crippen LogP contribution in [0.2, 0.25) is 5.02 Å². The minimum absolute atomic E-state index is 0.0201. The molecule has 3 aromatic heterocycles. The quantitative estimate of drug-likeness (QED) is 0.212. The minimum atomic E-state index is -0.456. The van der Waals surface area contributed by atoms with Crippen LogP contribution in [0.4, 0.5) is 15.9 Å². The van der Waals surface area contributed by atoms with Crippen molar-refractivity contribution >= 4 is 45.9 Å². The number of aromatic nitrogens is 4. The van der Waals surface area contributed by atoms with E-state index in [1.165, 1.54) is 6.07 Å². The molecule has 1 aromatic carbocycles. The minimum Gasteiger partial charge on any atom is -0.384 e. The molecule has 2 fully saturated rings. The first kappa shape index (κ1) is 29.2. The molecule has 2 atom stereocenters. The highest BCUT2D eigenvalue weighted by Crippen LogP contribution is 2.43. The zero-order valence-corrected chi connectivity index (χ0v) is 26.2. The van der Waals surface area contributed by atoms with Crippen LogP contribution in [0.5, 0.6) is 0 Å². The largest absolute Gasteiger partial charge is 0.384 e. The fraction of sp³-hybridized carbons (Fsp3) is 0.375. The molecule has 228 valence electrons. The highest BCUT2D eigenvalue weighted by molar-refractivity contribution is 7.99. The van der Waals surface area contributed by atoms with Crippen molar-refractivity contribution in [3.05, 3.63) is 76.2 Å². The molecule has 3 aliphatic rings. The van der Waals surface area contributed by atoms with E-state index in [0.717, 1.165) is 23.6 Å². The van der Waals surface area contributed by atoms with Gasteiger partial charge in [-0.3, -0.25) is 9.88 Å². The molecule has 0 amide bonds. The first-order valence-electron chi connectivity index (χ1n) is 14.8. The monoisotopic (exact) mass is 633 g/mol. The van der Waals surface area contributed by atoms with Crippen LogP contribution in [0, 0.1) is 5.82 Å². The number of nitrogens with zero attached hydrogens (tertiary/aromatic N) is 6. The second-order valence-corrected chi connectivity index (χ2v) is 13.1. The second-order valence-electron chi connectivity index (χ2n) is 11.5. The summed E-state index contributed by atoms with van der Waals surface area (Å²) in [6.07, 6.45) is 4.46. The Morgan fingerprint density at radius 3 is 2.93 bits per heavy atom. The highest BCUT2D eigenvalue weighted by Gasteiger charge is 2.50. The van der Waals surface area contributed by atoms with Gasteiger partial charge in [0.05, 0.1) is 46.4 Å². The molecule has 2 aliphatic heterocycles. The molecule has 9 nitrogen and oxygen atoms in total. The predicted molar refractivity (Wildman–Crippen MR) is 174 cm³/mol. The molecule has 5 heterocycles. The third-order valence-corrected chi connectivity index (χ3v) is 9.74. The Balaban J connectivity index is 1.47. The van der Waals surface area contributed by atoms with Crippen LogP contribution >= 0.6 is 23.4 Å². The van der Waals surface area contributed by atoms with Crippen molar-refractivity contribution in [1.82, 2.24) is 24.4 Å². The second kappa shape index (κ2) is 11.8. The smallest absolute Gasteiger partial charge is 0.355 e. The fourth-order valence-corrected chi connectivity index (χ4v) is 7.48. The molecule has 0 spiro atoms. The van der Waals surface area contributed by atoms with Gasteiger partial charge in [0.2, 0.25) is 0 Å². The van der Waals surface area contributed by atoms with Gasteiger partial charge >= 0.3 is 5.69 Å². The van der Waals surface area contributed by atoms with Crippen molar-refractivity contribution in [2.75, 3.05) is 48.9 Å². The van der Waals surface area contributed by atoms with Gasteiger partial charge in [-0.25, -0.2) is 18.7 Å². The van der Waals surface area contributed by atoms with E-state index in [4.69, 9.17) is 31.3 Å². The van der Waals surface area contributed by atoms with E-state index in [-0.39, 0.29) is 28.2 Å². The maximum atomic E-state index is 15.5. The van der Waals surface area contributed by atoms with Crippen LogP contribution in [-0.2, 0) is 4.74 Å². The Morgan fingerprint density at radius 2 is 2.11 bits per heavy atom. The number of piperazine rings is 1. The predicted octanol–water partition coefficient (Wildman–Crippen LogP) is 5.70. The molecular formula is C32H33ClFN7O2S. The first-order valence-corrected chi connectivity index (χ1v) is 16.2. The zero-order valence-electron chi connectivity index (χ0n) is 24.6.